The molecule has 0 saturated carbocycles. The van der Waals surface area contributed by atoms with Crippen molar-refractivity contribution in [2.45, 2.75) is 38.6 Å². The summed E-state index contributed by atoms with van der Waals surface area (Å²) in [5, 5.41) is 8.92. The van der Waals surface area contributed by atoms with Crippen molar-refractivity contribution in [2.75, 3.05) is 18.4 Å². The highest BCUT2D eigenvalue weighted by Gasteiger charge is 2.21. The summed E-state index contributed by atoms with van der Waals surface area (Å²) in [6, 6.07) is 6.96. The minimum atomic E-state index is -0.162. The van der Waals surface area contributed by atoms with E-state index in [1.165, 1.54) is 0 Å². The van der Waals surface area contributed by atoms with E-state index < -0.39 is 0 Å². The van der Waals surface area contributed by atoms with Crippen molar-refractivity contribution in [3.05, 3.63) is 29.8 Å². The number of piperidine rings is 1. The number of para-hydroxylation sites is 1. The van der Waals surface area contributed by atoms with Gasteiger partial charge in [-0.3, -0.25) is 9.59 Å². The zero-order chi connectivity index (χ0) is 15.1. The summed E-state index contributed by atoms with van der Waals surface area (Å²) < 4.78 is 0. The van der Waals surface area contributed by atoms with E-state index in [-0.39, 0.29) is 17.9 Å². The minimum Gasteiger partial charge on any atom is -0.352 e. The highest BCUT2D eigenvalue weighted by Crippen LogP contribution is 2.16. The molecule has 21 heavy (non-hydrogen) atoms. The molecule has 1 aliphatic heterocycles. The molecule has 2 amide bonds. The standard InChI is InChI=1S/C16H23N3O2/c1-2-10-18-15(20)12-7-3-4-8-13(12)19-16(21)14-9-5-6-11-17-14/h3-4,7-8,14,17H,2,5-6,9-11H2,1H3,(H,18,20)(H,19,21). The molecule has 0 aromatic heterocycles. The second-order valence-electron chi connectivity index (χ2n) is 5.29. The molecule has 1 unspecified atom stereocenters. The Morgan fingerprint density at radius 3 is 2.81 bits per heavy atom. The van der Waals surface area contributed by atoms with E-state index in [2.05, 4.69) is 16.0 Å². The zero-order valence-electron chi connectivity index (χ0n) is 12.4. The van der Waals surface area contributed by atoms with Crippen LogP contribution in [0, 0.1) is 0 Å². The highest BCUT2D eigenvalue weighted by molar-refractivity contribution is 6.04. The number of hydrogen-bond donors (Lipinski definition) is 3. The molecule has 2 rings (SSSR count). The number of carbonyl (C=O) groups excluding carboxylic acids is 2. The van der Waals surface area contributed by atoms with Gasteiger partial charge in [0.2, 0.25) is 5.91 Å². The van der Waals surface area contributed by atoms with Gasteiger partial charge in [0.15, 0.2) is 0 Å². The zero-order valence-corrected chi connectivity index (χ0v) is 12.4. The maximum Gasteiger partial charge on any atom is 0.253 e. The van der Waals surface area contributed by atoms with Gasteiger partial charge in [0.1, 0.15) is 0 Å². The normalized spacial score (nSPS) is 18.0. The van der Waals surface area contributed by atoms with E-state index in [0.29, 0.717) is 17.8 Å². The maximum absolute atomic E-state index is 12.3. The van der Waals surface area contributed by atoms with Crippen LogP contribution in [0.4, 0.5) is 5.69 Å². The van der Waals surface area contributed by atoms with Crippen molar-refractivity contribution in [1.29, 1.82) is 0 Å². The first-order valence-corrected chi connectivity index (χ1v) is 7.64. The Balaban J connectivity index is 2.05. The summed E-state index contributed by atoms with van der Waals surface area (Å²) in [6.07, 6.45) is 3.89. The Hall–Kier alpha value is -1.88. The van der Waals surface area contributed by atoms with Gasteiger partial charge in [-0.25, -0.2) is 0 Å². The number of anilines is 1. The average molecular weight is 289 g/mol. The van der Waals surface area contributed by atoms with Crippen LogP contribution in [0.3, 0.4) is 0 Å². The molecule has 114 valence electrons. The van der Waals surface area contributed by atoms with Crippen LogP contribution < -0.4 is 16.0 Å². The second-order valence-corrected chi connectivity index (χ2v) is 5.29. The van der Waals surface area contributed by atoms with E-state index in [1.54, 1.807) is 18.2 Å². The molecule has 1 atom stereocenters. The van der Waals surface area contributed by atoms with E-state index in [1.807, 2.05) is 13.0 Å². The molecule has 1 aromatic carbocycles. The number of nitrogens with one attached hydrogen (secondary N) is 3. The van der Waals surface area contributed by atoms with E-state index in [0.717, 1.165) is 32.2 Å². The third kappa shape index (κ3) is 4.29. The van der Waals surface area contributed by atoms with Gasteiger partial charge < -0.3 is 16.0 Å². The van der Waals surface area contributed by atoms with Crippen LogP contribution in [0.2, 0.25) is 0 Å². The molecule has 1 saturated heterocycles. The summed E-state index contributed by atoms with van der Waals surface area (Å²) in [7, 11) is 0. The van der Waals surface area contributed by atoms with Gasteiger partial charge in [0, 0.05) is 6.54 Å². The van der Waals surface area contributed by atoms with Crippen LogP contribution in [-0.4, -0.2) is 30.9 Å². The summed E-state index contributed by atoms with van der Waals surface area (Å²) in [5.41, 5.74) is 1.08. The topological polar surface area (TPSA) is 70.2 Å². The summed E-state index contributed by atoms with van der Waals surface area (Å²) in [6.45, 7) is 3.50. The average Bonchev–Trinajstić information content (AvgIpc) is 2.54. The lowest BCUT2D eigenvalue weighted by atomic mass is 10.0. The van der Waals surface area contributed by atoms with Crippen LogP contribution in [-0.2, 0) is 4.79 Å². The van der Waals surface area contributed by atoms with Gasteiger partial charge in [0.05, 0.1) is 17.3 Å². The number of benzene rings is 1. The van der Waals surface area contributed by atoms with Crippen LogP contribution in [0.1, 0.15) is 43.0 Å². The van der Waals surface area contributed by atoms with Crippen molar-refractivity contribution in [1.82, 2.24) is 10.6 Å². The fourth-order valence-electron chi connectivity index (χ4n) is 2.42. The molecule has 0 aliphatic carbocycles. The summed E-state index contributed by atoms with van der Waals surface area (Å²) >= 11 is 0. The fraction of sp³-hybridized carbons (Fsp3) is 0.500. The molecule has 0 radical (unpaired) electrons. The molecule has 3 N–H and O–H groups in total. The maximum atomic E-state index is 12.3. The van der Waals surface area contributed by atoms with Gasteiger partial charge >= 0.3 is 0 Å². The van der Waals surface area contributed by atoms with Crippen LogP contribution in [0.5, 0.6) is 0 Å². The first-order chi connectivity index (χ1) is 10.2. The van der Waals surface area contributed by atoms with Crippen LogP contribution >= 0.6 is 0 Å². The molecule has 0 spiro atoms. The first kappa shape index (κ1) is 15.5. The first-order valence-electron chi connectivity index (χ1n) is 7.64. The number of carbonyl (C=O) groups is 2. The quantitative estimate of drug-likeness (QED) is 0.775. The Kier molecular flexibility index (Phi) is 5.75. The molecule has 5 nitrogen and oxygen atoms in total. The molecule has 5 heteroatoms. The van der Waals surface area contributed by atoms with Gasteiger partial charge in [-0.05, 0) is 37.9 Å². The summed E-state index contributed by atoms with van der Waals surface area (Å²) in [5.74, 6) is -0.213. The number of rotatable bonds is 5. The van der Waals surface area contributed by atoms with Crippen molar-refractivity contribution >= 4 is 17.5 Å². The molecule has 0 bridgehead atoms. The third-order valence-electron chi connectivity index (χ3n) is 3.59. The largest absolute Gasteiger partial charge is 0.352 e. The molecule has 1 aromatic rings. The minimum absolute atomic E-state index is 0.0644. The lowest BCUT2D eigenvalue weighted by Crippen LogP contribution is -2.43. The van der Waals surface area contributed by atoms with Gasteiger partial charge in [-0.1, -0.05) is 25.5 Å². The monoisotopic (exact) mass is 289 g/mol. The van der Waals surface area contributed by atoms with E-state index in [9.17, 15) is 9.59 Å². The van der Waals surface area contributed by atoms with Gasteiger partial charge in [-0.15, -0.1) is 0 Å². The molecular weight excluding hydrogens is 266 g/mol. The lowest BCUT2D eigenvalue weighted by molar-refractivity contribution is -0.118. The Labute approximate surface area is 125 Å². The van der Waals surface area contributed by atoms with E-state index in [4.69, 9.17) is 0 Å². The number of amides is 2. The second kappa shape index (κ2) is 7.78. The highest BCUT2D eigenvalue weighted by atomic mass is 16.2. The summed E-state index contributed by atoms with van der Waals surface area (Å²) in [4.78, 5) is 24.4. The van der Waals surface area contributed by atoms with Crippen molar-refractivity contribution in [3.63, 3.8) is 0 Å². The van der Waals surface area contributed by atoms with Crippen molar-refractivity contribution < 1.29 is 9.59 Å². The number of hydrogen-bond acceptors (Lipinski definition) is 3. The molecule has 1 heterocycles. The predicted octanol–water partition coefficient (Wildman–Crippen LogP) is 1.91. The predicted molar refractivity (Wildman–Crippen MR) is 83.3 cm³/mol. The lowest BCUT2D eigenvalue weighted by Gasteiger charge is -2.23. The van der Waals surface area contributed by atoms with Gasteiger partial charge in [-0.2, -0.15) is 0 Å². The smallest absolute Gasteiger partial charge is 0.253 e. The molecule has 1 aliphatic rings. The van der Waals surface area contributed by atoms with Crippen LogP contribution in [0.15, 0.2) is 24.3 Å². The van der Waals surface area contributed by atoms with Crippen LogP contribution in [0.25, 0.3) is 0 Å². The fourth-order valence-corrected chi connectivity index (χ4v) is 2.42. The van der Waals surface area contributed by atoms with Gasteiger partial charge in [0.25, 0.3) is 5.91 Å². The third-order valence-corrected chi connectivity index (χ3v) is 3.59. The SMILES string of the molecule is CCCNC(=O)c1ccccc1NC(=O)C1CCCCN1. The molecular formula is C16H23N3O2. The Morgan fingerprint density at radius 1 is 1.29 bits per heavy atom. The molecule has 1 fully saturated rings. The van der Waals surface area contributed by atoms with Crippen molar-refractivity contribution in [3.8, 4) is 0 Å². The Morgan fingerprint density at radius 2 is 2.10 bits per heavy atom. The van der Waals surface area contributed by atoms with E-state index >= 15 is 0 Å². The van der Waals surface area contributed by atoms with Crippen molar-refractivity contribution in [2.24, 2.45) is 0 Å². The Bertz CT molecular complexity index is 496.